The summed E-state index contributed by atoms with van der Waals surface area (Å²) in [6, 6.07) is 17.4. The molecule has 0 aliphatic carbocycles. The summed E-state index contributed by atoms with van der Waals surface area (Å²) >= 11 is 5.82. The van der Waals surface area contributed by atoms with E-state index in [1.54, 1.807) is 30.3 Å². The Morgan fingerprint density at radius 2 is 1.60 bits per heavy atom. The third-order valence-electron chi connectivity index (χ3n) is 5.29. The molecule has 0 saturated carbocycles. The van der Waals surface area contributed by atoms with Gasteiger partial charge in [0.25, 0.3) is 0 Å². The maximum Gasteiger partial charge on any atom is 0.442 e. The summed E-state index contributed by atoms with van der Waals surface area (Å²) in [6.07, 6.45) is -3.88. The zero-order valence-corrected chi connectivity index (χ0v) is 23.1. The number of halogens is 3. The fourth-order valence-electron chi connectivity index (χ4n) is 3.33. The highest BCUT2D eigenvalue weighted by atomic mass is 35.5. The molecule has 0 aliphatic heterocycles. The van der Waals surface area contributed by atoms with Gasteiger partial charge in [-0.15, -0.1) is 0 Å². The molecular formula is C25H25ClF2N3O7PS. The second-order valence-corrected chi connectivity index (χ2v) is 12.2. The standard InChI is InChI=1S/C25H25ClF2N3O7PS/c26-18-8-10-19(11-9-18)30-23(32)14-15-29-24(33)22(31-40(36,37)21-4-2-1-3-5-21)16-17-6-12-20(13-7-17)38-39(34,35)25(27)28/h1-13,22,25,31H,14-16H2,(H,29,33)(H,30,32)(H,34,35)/t22-/m0/s1. The van der Waals surface area contributed by atoms with Crippen LogP contribution in [0.25, 0.3) is 0 Å². The molecule has 0 radical (unpaired) electrons. The van der Waals surface area contributed by atoms with Gasteiger partial charge in [0.15, 0.2) is 0 Å². The molecule has 15 heteroatoms. The number of sulfonamides is 1. The minimum atomic E-state index is -5.18. The van der Waals surface area contributed by atoms with Crippen molar-refractivity contribution in [1.29, 1.82) is 0 Å². The van der Waals surface area contributed by atoms with Crippen LogP contribution in [0.15, 0.2) is 83.8 Å². The summed E-state index contributed by atoms with van der Waals surface area (Å²) in [4.78, 5) is 34.3. The Hall–Kier alpha value is -3.35. The maximum atomic E-state index is 13.0. The van der Waals surface area contributed by atoms with Crippen LogP contribution in [0.1, 0.15) is 12.0 Å². The van der Waals surface area contributed by atoms with E-state index in [1.165, 1.54) is 36.4 Å². The van der Waals surface area contributed by atoms with Crippen molar-refractivity contribution in [2.24, 2.45) is 0 Å². The predicted octanol–water partition coefficient (Wildman–Crippen LogP) is 4.16. The SMILES string of the molecule is O=C(CCNC(=O)[C@H](Cc1ccc(OP(=O)(O)C(F)F)cc1)NS(=O)(=O)c1ccccc1)Nc1ccc(Cl)cc1. The lowest BCUT2D eigenvalue weighted by atomic mass is 10.1. The summed E-state index contributed by atoms with van der Waals surface area (Å²) in [5.74, 6) is -1.44. The van der Waals surface area contributed by atoms with E-state index in [0.29, 0.717) is 16.3 Å². The molecule has 10 nitrogen and oxygen atoms in total. The lowest BCUT2D eigenvalue weighted by Gasteiger charge is -2.19. The average molecular weight is 616 g/mol. The molecule has 1 unspecified atom stereocenters. The smallest absolute Gasteiger partial charge is 0.421 e. The highest BCUT2D eigenvalue weighted by molar-refractivity contribution is 7.89. The number of nitrogens with one attached hydrogen (secondary N) is 3. The lowest BCUT2D eigenvalue weighted by molar-refractivity contribution is -0.122. The zero-order valence-electron chi connectivity index (χ0n) is 20.7. The van der Waals surface area contributed by atoms with Crippen molar-refractivity contribution in [2.75, 3.05) is 11.9 Å². The first-order valence-corrected chi connectivity index (χ1v) is 15.2. The van der Waals surface area contributed by atoms with Gasteiger partial charge in [-0.05, 0) is 60.5 Å². The van der Waals surface area contributed by atoms with Gasteiger partial charge in [-0.2, -0.15) is 13.5 Å². The molecule has 0 aromatic heterocycles. The number of amides is 2. The van der Waals surface area contributed by atoms with E-state index in [4.69, 9.17) is 11.6 Å². The van der Waals surface area contributed by atoms with Crippen LogP contribution in [0, 0.1) is 0 Å². The van der Waals surface area contributed by atoms with E-state index < -0.39 is 41.6 Å². The van der Waals surface area contributed by atoms with Gasteiger partial charge >= 0.3 is 13.8 Å². The van der Waals surface area contributed by atoms with Crippen LogP contribution in [0.2, 0.25) is 5.02 Å². The van der Waals surface area contributed by atoms with Gasteiger partial charge < -0.3 is 20.1 Å². The number of rotatable bonds is 13. The Balaban J connectivity index is 1.69. The number of hydrogen-bond donors (Lipinski definition) is 4. The fraction of sp³-hybridized carbons (Fsp3) is 0.200. The van der Waals surface area contributed by atoms with Gasteiger partial charge in [0.2, 0.25) is 21.8 Å². The second kappa shape index (κ2) is 13.8. The maximum absolute atomic E-state index is 13.0. The van der Waals surface area contributed by atoms with Crippen LogP contribution >= 0.6 is 19.2 Å². The minimum Gasteiger partial charge on any atom is -0.421 e. The highest BCUT2D eigenvalue weighted by Gasteiger charge is 2.34. The zero-order chi connectivity index (χ0) is 29.3. The van der Waals surface area contributed by atoms with Crippen molar-refractivity contribution in [3.63, 3.8) is 0 Å². The molecule has 2 atom stereocenters. The average Bonchev–Trinajstić information content (AvgIpc) is 2.91. The third kappa shape index (κ3) is 9.39. The molecule has 0 saturated heterocycles. The van der Waals surface area contributed by atoms with E-state index in [0.717, 1.165) is 12.1 Å². The van der Waals surface area contributed by atoms with Gasteiger partial charge in [-0.3, -0.25) is 9.59 Å². The van der Waals surface area contributed by atoms with E-state index in [-0.39, 0.29) is 30.0 Å². The van der Waals surface area contributed by atoms with Crippen LogP contribution in [0.3, 0.4) is 0 Å². The van der Waals surface area contributed by atoms with Crippen molar-refractivity contribution in [3.8, 4) is 5.75 Å². The molecule has 3 aromatic rings. The second-order valence-electron chi connectivity index (χ2n) is 8.36. The molecule has 4 N–H and O–H groups in total. The molecule has 0 fully saturated rings. The van der Waals surface area contributed by atoms with E-state index in [9.17, 15) is 36.2 Å². The van der Waals surface area contributed by atoms with Gasteiger partial charge in [-0.25, -0.2) is 13.0 Å². The Morgan fingerprint density at radius 1 is 0.975 bits per heavy atom. The minimum absolute atomic E-state index is 0.0791. The van der Waals surface area contributed by atoms with E-state index in [2.05, 4.69) is 19.9 Å². The first-order valence-electron chi connectivity index (χ1n) is 11.7. The number of hydrogen-bond acceptors (Lipinski definition) is 6. The normalized spacial score (nSPS) is 13.7. The van der Waals surface area contributed by atoms with Crippen LogP contribution in [0.4, 0.5) is 14.5 Å². The van der Waals surface area contributed by atoms with Crippen LogP contribution in [0.5, 0.6) is 5.75 Å². The Bertz CT molecular complexity index is 1460. The van der Waals surface area contributed by atoms with Crippen LogP contribution < -0.4 is 19.9 Å². The number of alkyl halides is 2. The molecule has 0 heterocycles. The molecule has 3 aromatic carbocycles. The number of anilines is 1. The van der Waals surface area contributed by atoms with Gasteiger partial charge in [-0.1, -0.05) is 41.9 Å². The number of benzene rings is 3. The van der Waals surface area contributed by atoms with E-state index in [1.807, 2.05) is 0 Å². The molecule has 3 rings (SSSR count). The first kappa shape index (κ1) is 31.2. The van der Waals surface area contributed by atoms with Gasteiger partial charge in [0.05, 0.1) is 4.90 Å². The van der Waals surface area contributed by atoms with Crippen molar-refractivity contribution < 1.29 is 40.8 Å². The van der Waals surface area contributed by atoms with Crippen molar-refractivity contribution in [2.45, 2.75) is 29.9 Å². The summed E-state index contributed by atoms with van der Waals surface area (Å²) in [6.45, 7) is -0.103. The van der Waals surface area contributed by atoms with E-state index >= 15 is 0 Å². The molecule has 214 valence electrons. The third-order valence-corrected chi connectivity index (χ3v) is 8.00. The summed E-state index contributed by atoms with van der Waals surface area (Å²) in [5.41, 5.74) is 0.890. The Labute approximate surface area is 234 Å². The molecule has 0 aliphatic rings. The molecule has 0 spiro atoms. The summed E-state index contributed by atoms with van der Waals surface area (Å²) < 4.78 is 69.3. The van der Waals surface area contributed by atoms with Crippen molar-refractivity contribution in [1.82, 2.24) is 10.0 Å². The number of carbonyl (C=O) groups excluding carboxylic acids is 2. The van der Waals surface area contributed by atoms with Crippen molar-refractivity contribution >= 4 is 46.7 Å². The summed E-state index contributed by atoms with van der Waals surface area (Å²) in [7, 11) is -9.31. The lowest BCUT2D eigenvalue weighted by Crippen LogP contribution is -2.48. The number of carbonyl (C=O) groups is 2. The molecule has 2 amide bonds. The molecule has 40 heavy (non-hydrogen) atoms. The Morgan fingerprint density at radius 3 is 2.20 bits per heavy atom. The van der Waals surface area contributed by atoms with Gasteiger partial charge in [0, 0.05) is 23.7 Å². The summed E-state index contributed by atoms with van der Waals surface area (Å²) in [5, 5.41) is 5.67. The van der Waals surface area contributed by atoms with Crippen molar-refractivity contribution in [3.05, 3.63) is 89.4 Å². The topological polar surface area (TPSA) is 151 Å². The van der Waals surface area contributed by atoms with Crippen LogP contribution in [-0.4, -0.2) is 43.9 Å². The predicted molar refractivity (Wildman–Crippen MR) is 145 cm³/mol. The largest absolute Gasteiger partial charge is 0.442 e. The van der Waals surface area contributed by atoms with Crippen LogP contribution in [-0.2, 0) is 30.6 Å². The molecular weight excluding hydrogens is 591 g/mol. The monoisotopic (exact) mass is 615 g/mol. The Kier molecular flexibility index (Phi) is 10.8. The first-order chi connectivity index (χ1) is 18.9. The fourth-order valence-corrected chi connectivity index (χ4v) is 5.18. The quantitative estimate of drug-likeness (QED) is 0.211. The highest BCUT2D eigenvalue weighted by Crippen LogP contribution is 2.48. The molecule has 0 bridgehead atoms. The van der Waals surface area contributed by atoms with Gasteiger partial charge in [0.1, 0.15) is 11.8 Å².